The number of likely N-dealkylation sites (tertiary alicyclic amines) is 1. The van der Waals surface area contributed by atoms with E-state index in [4.69, 9.17) is 22.7 Å². The van der Waals surface area contributed by atoms with E-state index in [9.17, 15) is 9.59 Å². The Morgan fingerprint density at radius 3 is 2.75 bits per heavy atom. The van der Waals surface area contributed by atoms with E-state index in [1.807, 2.05) is 0 Å². The SMILES string of the molecule is COC(=O)C1CCCN1C(=O)c1cccc(C(N)=S)c1. The van der Waals surface area contributed by atoms with E-state index in [0.717, 1.165) is 6.42 Å². The molecule has 1 saturated heterocycles. The summed E-state index contributed by atoms with van der Waals surface area (Å²) in [7, 11) is 1.33. The van der Waals surface area contributed by atoms with Crippen molar-refractivity contribution in [3.8, 4) is 0 Å². The number of nitrogens with two attached hydrogens (primary N) is 1. The molecule has 1 aromatic rings. The van der Waals surface area contributed by atoms with Crippen LogP contribution in [0.5, 0.6) is 0 Å². The number of thiocarbonyl (C=S) groups is 1. The second-order valence-corrected chi connectivity index (χ2v) is 5.06. The maximum atomic E-state index is 12.5. The van der Waals surface area contributed by atoms with Crippen LogP contribution in [0.2, 0.25) is 0 Å². The zero-order chi connectivity index (χ0) is 14.7. The molecular weight excluding hydrogens is 276 g/mol. The van der Waals surface area contributed by atoms with Crippen molar-refractivity contribution >= 4 is 29.1 Å². The van der Waals surface area contributed by atoms with Crippen LogP contribution in [-0.4, -0.2) is 41.5 Å². The number of nitrogens with zero attached hydrogens (tertiary/aromatic N) is 1. The number of benzene rings is 1. The van der Waals surface area contributed by atoms with Crippen LogP contribution < -0.4 is 5.73 Å². The molecule has 0 aromatic heterocycles. The highest BCUT2D eigenvalue weighted by Crippen LogP contribution is 2.21. The van der Waals surface area contributed by atoms with Crippen LogP contribution in [-0.2, 0) is 9.53 Å². The second-order valence-electron chi connectivity index (χ2n) is 4.62. The lowest BCUT2D eigenvalue weighted by Crippen LogP contribution is -2.41. The van der Waals surface area contributed by atoms with E-state index in [1.165, 1.54) is 7.11 Å². The summed E-state index contributed by atoms with van der Waals surface area (Å²) in [4.78, 5) is 26.0. The number of carbonyl (C=O) groups excluding carboxylic acids is 2. The van der Waals surface area contributed by atoms with Crippen LogP contribution in [0.15, 0.2) is 24.3 Å². The molecule has 0 saturated carbocycles. The Bertz CT molecular complexity index is 559. The molecule has 1 heterocycles. The van der Waals surface area contributed by atoms with Gasteiger partial charge in [-0.05, 0) is 25.0 Å². The van der Waals surface area contributed by atoms with Crippen molar-refractivity contribution in [3.63, 3.8) is 0 Å². The fourth-order valence-electron chi connectivity index (χ4n) is 2.36. The summed E-state index contributed by atoms with van der Waals surface area (Å²) in [5.74, 6) is -0.572. The van der Waals surface area contributed by atoms with Crippen molar-refractivity contribution in [2.75, 3.05) is 13.7 Å². The fraction of sp³-hybridized carbons (Fsp3) is 0.357. The molecule has 6 heteroatoms. The number of amides is 1. The van der Waals surface area contributed by atoms with Crippen LogP contribution in [0.3, 0.4) is 0 Å². The summed E-state index contributed by atoms with van der Waals surface area (Å²) in [5.41, 5.74) is 6.68. The van der Waals surface area contributed by atoms with Gasteiger partial charge in [0.25, 0.3) is 5.91 Å². The van der Waals surface area contributed by atoms with E-state index in [0.29, 0.717) is 24.1 Å². The van der Waals surface area contributed by atoms with Gasteiger partial charge < -0.3 is 15.4 Å². The number of methoxy groups -OCH3 is 1. The predicted octanol–water partition coefficient (Wildman–Crippen LogP) is 1.10. The van der Waals surface area contributed by atoms with Gasteiger partial charge in [-0.1, -0.05) is 24.4 Å². The maximum Gasteiger partial charge on any atom is 0.328 e. The minimum absolute atomic E-state index is 0.198. The van der Waals surface area contributed by atoms with Gasteiger partial charge in [-0.25, -0.2) is 4.79 Å². The van der Waals surface area contributed by atoms with Gasteiger partial charge in [-0.15, -0.1) is 0 Å². The number of ether oxygens (including phenoxy) is 1. The molecule has 1 aromatic carbocycles. The molecule has 0 bridgehead atoms. The van der Waals surface area contributed by atoms with Crippen molar-refractivity contribution in [2.24, 2.45) is 5.73 Å². The highest BCUT2D eigenvalue weighted by Gasteiger charge is 2.35. The van der Waals surface area contributed by atoms with E-state index in [-0.39, 0.29) is 16.9 Å². The Hall–Kier alpha value is -1.95. The number of hydrogen-bond acceptors (Lipinski definition) is 4. The van der Waals surface area contributed by atoms with Gasteiger partial charge in [0.1, 0.15) is 11.0 Å². The number of carbonyl (C=O) groups is 2. The summed E-state index contributed by atoms with van der Waals surface area (Å²) < 4.78 is 4.74. The molecule has 1 fully saturated rings. The first-order chi connectivity index (χ1) is 9.54. The molecule has 0 radical (unpaired) electrons. The summed E-state index contributed by atoms with van der Waals surface area (Å²) in [6, 6.07) is 6.32. The van der Waals surface area contributed by atoms with Gasteiger partial charge in [-0.2, -0.15) is 0 Å². The monoisotopic (exact) mass is 292 g/mol. The Kier molecular flexibility index (Phi) is 4.34. The first-order valence-electron chi connectivity index (χ1n) is 6.33. The molecule has 1 aliphatic rings. The molecule has 20 heavy (non-hydrogen) atoms. The Balaban J connectivity index is 2.24. The van der Waals surface area contributed by atoms with Crippen LogP contribution in [0.1, 0.15) is 28.8 Å². The van der Waals surface area contributed by atoms with Crippen LogP contribution in [0.25, 0.3) is 0 Å². The fourth-order valence-corrected chi connectivity index (χ4v) is 2.49. The van der Waals surface area contributed by atoms with E-state index in [2.05, 4.69) is 0 Å². The van der Waals surface area contributed by atoms with Crippen LogP contribution >= 0.6 is 12.2 Å². The van der Waals surface area contributed by atoms with Gasteiger partial charge in [0.15, 0.2) is 0 Å². The smallest absolute Gasteiger partial charge is 0.328 e. The Labute approximate surface area is 122 Å². The van der Waals surface area contributed by atoms with Gasteiger partial charge >= 0.3 is 5.97 Å². The highest BCUT2D eigenvalue weighted by molar-refractivity contribution is 7.80. The third kappa shape index (κ3) is 2.80. The normalized spacial score (nSPS) is 17.9. The summed E-state index contributed by atoms with van der Waals surface area (Å²) in [5, 5.41) is 0. The first kappa shape index (κ1) is 14.5. The van der Waals surface area contributed by atoms with Crippen LogP contribution in [0, 0.1) is 0 Å². The van der Waals surface area contributed by atoms with Crippen molar-refractivity contribution in [2.45, 2.75) is 18.9 Å². The molecule has 0 spiro atoms. The number of hydrogen-bond donors (Lipinski definition) is 1. The molecule has 1 unspecified atom stereocenters. The lowest BCUT2D eigenvalue weighted by atomic mass is 10.1. The largest absolute Gasteiger partial charge is 0.467 e. The minimum Gasteiger partial charge on any atom is -0.467 e. The van der Waals surface area contributed by atoms with Crippen molar-refractivity contribution in [1.82, 2.24) is 4.90 Å². The zero-order valence-corrected chi connectivity index (χ0v) is 12.0. The number of rotatable bonds is 3. The van der Waals surface area contributed by atoms with E-state index < -0.39 is 6.04 Å². The standard InChI is InChI=1S/C14H16N2O3S/c1-19-14(18)11-6-3-7-16(11)13(17)10-5-2-4-9(8-10)12(15)20/h2,4-5,8,11H,3,6-7H2,1H3,(H2,15,20). The average Bonchev–Trinajstić information content (AvgIpc) is 2.95. The van der Waals surface area contributed by atoms with Gasteiger partial charge in [0.05, 0.1) is 7.11 Å². The van der Waals surface area contributed by atoms with Crippen molar-refractivity contribution in [1.29, 1.82) is 0 Å². The van der Waals surface area contributed by atoms with Gasteiger partial charge in [0.2, 0.25) is 0 Å². The first-order valence-corrected chi connectivity index (χ1v) is 6.74. The Morgan fingerprint density at radius 2 is 2.10 bits per heavy atom. The summed E-state index contributed by atoms with van der Waals surface area (Å²) in [6.07, 6.45) is 1.42. The third-order valence-corrected chi connectivity index (χ3v) is 3.62. The maximum absolute atomic E-state index is 12.5. The molecule has 1 atom stereocenters. The molecule has 2 rings (SSSR count). The molecule has 0 aliphatic carbocycles. The Morgan fingerprint density at radius 1 is 1.40 bits per heavy atom. The topological polar surface area (TPSA) is 72.6 Å². The lowest BCUT2D eigenvalue weighted by molar-refractivity contribution is -0.145. The summed E-state index contributed by atoms with van der Waals surface area (Å²) in [6.45, 7) is 0.551. The predicted molar refractivity (Wildman–Crippen MR) is 78.4 cm³/mol. The van der Waals surface area contributed by atoms with E-state index in [1.54, 1.807) is 29.2 Å². The quantitative estimate of drug-likeness (QED) is 0.667. The molecule has 1 amide bonds. The molecular formula is C14H16N2O3S. The van der Waals surface area contributed by atoms with Crippen LogP contribution in [0.4, 0.5) is 0 Å². The van der Waals surface area contributed by atoms with E-state index >= 15 is 0 Å². The van der Waals surface area contributed by atoms with Gasteiger partial charge in [0, 0.05) is 17.7 Å². The number of esters is 1. The molecule has 1 aliphatic heterocycles. The highest BCUT2D eigenvalue weighted by atomic mass is 32.1. The van der Waals surface area contributed by atoms with Crippen molar-refractivity contribution < 1.29 is 14.3 Å². The average molecular weight is 292 g/mol. The molecule has 5 nitrogen and oxygen atoms in total. The molecule has 106 valence electrons. The van der Waals surface area contributed by atoms with Gasteiger partial charge in [-0.3, -0.25) is 4.79 Å². The summed E-state index contributed by atoms with van der Waals surface area (Å²) >= 11 is 4.91. The third-order valence-electron chi connectivity index (χ3n) is 3.38. The molecule has 2 N–H and O–H groups in total. The zero-order valence-electron chi connectivity index (χ0n) is 11.2. The lowest BCUT2D eigenvalue weighted by Gasteiger charge is -2.22. The second kappa shape index (κ2) is 6.00. The van der Waals surface area contributed by atoms with Crippen molar-refractivity contribution in [3.05, 3.63) is 35.4 Å². The minimum atomic E-state index is -0.499.